The zero-order valence-electron chi connectivity index (χ0n) is 11.9. The van der Waals surface area contributed by atoms with Crippen molar-refractivity contribution in [3.8, 4) is 0 Å². The largest absolute Gasteiger partial charge is 0.343 e. The molecule has 5 heteroatoms. The number of rotatable bonds is 3. The van der Waals surface area contributed by atoms with Crippen LogP contribution in [-0.2, 0) is 9.59 Å². The van der Waals surface area contributed by atoms with Gasteiger partial charge in [0, 0.05) is 5.02 Å². The van der Waals surface area contributed by atoms with E-state index < -0.39 is 12.1 Å². The molecule has 1 N–H and O–H groups in total. The van der Waals surface area contributed by atoms with Gasteiger partial charge in [-0.3, -0.25) is 9.59 Å². The zero-order valence-corrected chi connectivity index (χ0v) is 12.6. The molecule has 2 rings (SSSR count). The van der Waals surface area contributed by atoms with Crippen molar-refractivity contribution in [1.82, 2.24) is 10.2 Å². The minimum atomic E-state index is -0.473. The van der Waals surface area contributed by atoms with E-state index >= 15 is 0 Å². The number of carbonyl (C=O) groups excluding carboxylic acids is 2. The fourth-order valence-electron chi connectivity index (χ4n) is 2.58. The molecule has 0 bridgehead atoms. The minimum absolute atomic E-state index is 0.0351. The summed E-state index contributed by atoms with van der Waals surface area (Å²) in [5, 5.41) is 3.38. The van der Waals surface area contributed by atoms with Crippen LogP contribution < -0.4 is 5.32 Å². The molecule has 2 amide bonds. The smallest absolute Gasteiger partial charge is 0.246 e. The molecular weight excluding hydrogens is 276 g/mol. The number of carbonyl (C=O) groups is 2. The van der Waals surface area contributed by atoms with Crippen molar-refractivity contribution in [2.75, 3.05) is 0 Å². The van der Waals surface area contributed by atoms with Crippen molar-refractivity contribution in [3.63, 3.8) is 0 Å². The first-order chi connectivity index (χ1) is 9.45. The van der Waals surface area contributed by atoms with Crippen molar-refractivity contribution in [1.29, 1.82) is 0 Å². The molecule has 108 valence electrons. The van der Waals surface area contributed by atoms with E-state index in [1.165, 1.54) is 0 Å². The first-order valence-electron chi connectivity index (χ1n) is 6.83. The highest BCUT2D eigenvalue weighted by Gasteiger charge is 2.39. The van der Waals surface area contributed by atoms with E-state index in [9.17, 15) is 9.59 Å². The molecule has 20 heavy (non-hydrogen) atoms. The van der Waals surface area contributed by atoms with E-state index in [0.29, 0.717) is 11.4 Å². The SMILES string of the molecule is CCC1NC(=O)C(C)N(C(C)c2cccc(Cl)c2)C1=O. The summed E-state index contributed by atoms with van der Waals surface area (Å²) in [5.41, 5.74) is 0.933. The Morgan fingerprint density at radius 3 is 2.70 bits per heavy atom. The molecule has 0 radical (unpaired) electrons. The summed E-state index contributed by atoms with van der Waals surface area (Å²) in [7, 11) is 0. The Labute approximate surface area is 124 Å². The second-order valence-corrected chi connectivity index (χ2v) is 5.56. The third-order valence-corrected chi connectivity index (χ3v) is 4.06. The molecule has 0 spiro atoms. The molecular formula is C15H19ClN2O2. The molecule has 3 unspecified atom stereocenters. The molecule has 1 saturated heterocycles. The summed E-state index contributed by atoms with van der Waals surface area (Å²) in [6.45, 7) is 5.56. The number of hydrogen-bond donors (Lipinski definition) is 1. The molecule has 0 aliphatic carbocycles. The van der Waals surface area contributed by atoms with Crippen LogP contribution in [-0.4, -0.2) is 28.8 Å². The predicted octanol–water partition coefficient (Wildman–Crippen LogP) is 2.53. The lowest BCUT2D eigenvalue weighted by Crippen LogP contribution is -2.62. The average molecular weight is 295 g/mol. The second-order valence-electron chi connectivity index (χ2n) is 5.12. The fraction of sp³-hybridized carbons (Fsp3) is 0.467. The topological polar surface area (TPSA) is 49.4 Å². The maximum Gasteiger partial charge on any atom is 0.246 e. The maximum absolute atomic E-state index is 12.5. The average Bonchev–Trinajstić information content (AvgIpc) is 2.43. The Hall–Kier alpha value is -1.55. The molecule has 3 atom stereocenters. The lowest BCUT2D eigenvalue weighted by atomic mass is 10.00. The van der Waals surface area contributed by atoms with Crippen LogP contribution in [0.5, 0.6) is 0 Å². The molecule has 1 fully saturated rings. The van der Waals surface area contributed by atoms with Gasteiger partial charge in [0.15, 0.2) is 0 Å². The second kappa shape index (κ2) is 5.83. The summed E-state index contributed by atoms with van der Waals surface area (Å²) < 4.78 is 0. The molecule has 1 aliphatic rings. The number of halogens is 1. The standard InChI is InChI=1S/C15H19ClN2O2/c1-4-13-15(20)18(10(3)14(19)17-13)9(2)11-6-5-7-12(16)8-11/h5-10,13H,4H2,1-3H3,(H,17,19). The van der Waals surface area contributed by atoms with E-state index in [2.05, 4.69) is 5.32 Å². The van der Waals surface area contributed by atoms with Gasteiger partial charge in [-0.15, -0.1) is 0 Å². The summed E-state index contributed by atoms with van der Waals surface area (Å²) >= 11 is 6.00. The third-order valence-electron chi connectivity index (χ3n) is 3.82. The highest BCUT2D eigenvalue weighted by atomic mass is 35.5. The lowest BCUT2D eigenvalue weighted by Gasteiger charge is -2.41. The highest BCUT2D eigenvalue weighted by Crippen LogP contribution is 2.27. The highest BCUT2D eigenvalue weighted by molar-refractivity contribution is 6.30. The van der Waals surface area contributed by atoms with Crippen LogP contribution in [0.1, 0.15) is 38.8 Å². The fourth-order valence-corrected chi connectivity index (χ4v) is 2.78. The summed E-state index contributed by atoms with van der Waals surface area (Å²) in [4.78, 5) is 26.1. The van der Waals surface area contributed by atoms with E-state index in [1.807, 2.05) is 32.0 Å². The Morgan fingerprint density at radius 1 is 1.40 bits per heavy atom. The van der Waals surface area contributed by atoms with Crippen LogP contribution in [0.15, 0.2) is 24.3 Å². The molecule has 0 aromatic heterocycles. The lowest BCUT2D eigenvalue weighted by molar-refractivity contribution is -0.151. The quantitative estimate of drug-likeness (QED) is 0.931. The summed E-state index contributed by atoms with van der Waals surface area (Å²) in [6, 6.07) is 6.31. The Balaban J connectivity index is 2.32. The van der Waals surface area contributed by atoms with Crippen LogP contribution >= 0.6 is 11.6 Å². The van der Waals surface area contributed by atoms with Gasteiger partial charge in [-0.05, 0) is 38.0 Å². The van der Waals surface area contributed by atoms with Gasteiger partial charge in [0.05, 0.1) is 6.04 Å². The van der Waals surface area contributed by atoms with Gasteiger partial charge in [-0.1, -0.05) is 30.7 Å². The van der Waals surface area contributed by atoms with E-state index in [-0.39, 0.29) is 17.9 Å². The van der Waals surface area contributed by atoms with Crippen LogP contribution in [0.4, 0.5) is 0 Å². The van der Waals surface area contributed by atoms with E-state index in [4.69, 9.17) is 11.6 Å². The maximum atomic E-state index is 12.5. The van der Waals surface area contributed by atoms with Gasteiger partial charge in [0.25, 0.3) is 0 Å². The van der Waals surface area contributed by atoms with Crippen molar-refractivity contribution in [2.45, 2.75) is 45.3 Å². The molecule has 1 aromatic rings. The number of amides is 2. The number of nitrogens with one attached hydrogen (secondary N) is 1. The summed E-state index contributed by atoms with van der Waals surface area (Å²) in [6.07, 6.45) is 0.593. The number of hydrogen-bond acceptors (Lipinski definition) is 2. The molecule has 0 saturated carbocycles. The van der Waals surface area contributed by atoms with Crippen molar-refractivity contribution >= 4 is 23.4 Å². The first-order valence-corrected chi connectivity index (χ1v) is 7.21. The zero-order chi connectivity index (χ0) is 14.9. The Kier molecular flexibility index (Phi) is 4.33. The molecule has 1 aromatic carbocycles. The van der Waals surface area contributed by atoms with E-state index in [1.54, 1.807) is 17.9 Å². The van der Waals surface area contributed by atoms with Crippen molar-refractivity contribution in [3.05, 3.63) is 34.9 Å². The number of piperazine rings is 1. The minimum Gasteiger partial charge on any atom is -0.343 e. The van der Waals surface area contributed by atoms with Crippen molar-refractivity contribution in [2.24, 2.45) is 0 Å². The van der Waals surface area contributed by atoms with E-state index in [0.717, 1.165) is 5.56 Å². The van der Waals surface area contributed by atoms with Crippen LogP contribution in [0.25, 0.3) is 0 Å². The van der Waals surface area contributed by atoms with Crippen LogP contribution in [0, 0.1) is 0 Å². The van der Waals surface area contributed by atoms with Gasteiger partial charge >= 0.3 is 0 Å². The van der Waals surface area contributed by atoms with Gasteiger partial charge in [0.1, 0.15) is 12.1 Å². The van der Waals surface area contributed by atoms with Crippen LogP contribution in [0.3, 0.4) is 0 Å². The van der Waals surface area contributed by atoms with Crippen molar-refractivity contribution < 1.29 is 9.59 Å². The van der Waals surface area contributed by atoms with Gasteiger partial charge < -0.3 is 10.2 Å². The molecule has 1 aliphatic heterocycles. The normalized spacial score (nSPS) is 24.5. The van der Waals surface area contributed by atoms with Gasteiger partial charge in [0.2, 0.25) is 11.8 Å². The number of nitrogens with zero attached hydrogens (tertiary/aromatic N) is 1. The summed E-state index contributed by atoms with van der Waals surface area (Å²) in [5.74, 6) is -0.141. The number of benzene rings is 1. The molecule has 1 heterocycles. The third kappa shape index (κ3) is 2.66. The Morgan fingerprint density at radius 2 is 2.10 bits per heavy atom. The molecule has 4 nitrogen and oxygen atoms in total. The monoisotopic (exact) mass is 294 g/mol. The predicted molar refractivity (Wildman–Crippen MR) is 78.4 cm³/mol. The Bertz CT molecular complexity index is 532. The first kappa shape index (κ1) is 14.9. The van der Waals surface area contributed by atoms with Gasteiger partial charge in [-0.25, -0.2) is 0 Å². The van der Waals surface area contributed by atoms with Gasteiger partial charge in [-0.2, -0.15) is 0 Å². The van der Waals surface area contributed by atoms with Crippen LogP contribution in [0.2, 0.25) is 5.02 Å².